The summed E-state index contributed by atoms with van der Waals surface area (Å²) in [7, 11) is 0. The van der Waals surface area contributed by atoms with E-state index >= 15 is 0 Å². The van der Waals surface area contributed by atoms with Gasteiger partial charge in [0.1, 0.15) is 11.1 Å². The van der Waals surface area contributed by atoms with E-state index in [0.717, 1.165) is 24.3 Å². The summed E-state index contributed by atoms with van der Waals surface area (Å²) in [6, 6.07) is 7.50. The first-order valence-electron chi connectivity index (χ1n) is 9.37. The molecule has 1 aliphatic rings. The number of aromatic amines is 3. The summed E-state index contributed by atoms with van der Waals surface area (Å²) in [4.78, 5) is 30.6. The summed E-state index contributed by atoms with van der Waals surface area (Å²) in [5.74, 6) is 0.795. The van der Waals surface area contributed by atoms with Gasteiger partial charge in [0.25, 0.3) is 5.56 Å². The van der Waals surface area contributed by atoms with Crippen LogP contribution in [0.25, 0.3) is 22.3 Å². The van der Waals surface area contributed by atoms with E-state index in [1.54, 1.807) is 0 Å². The second-order valence-electron chi connectivity index (χ2n) is 6.86. The van der Waals surface area contributed by atoms with Gasteiger partial charge in [0.15, 0.2) is 5.65 Å². The highest BCUT2D eigenvalue weighted by molar-refractivity contribution is 5.89. The Bertz CT molecular complexity index is 1010. The Morgan fingerprint density at radius 1 is 1.04 bits per heavy atom. The zero-order chi connectivity index (χ0) is 18.6. The number of nitrogens with one attached hydrogen (secondary N) is 3. The van der Waals surface area contributed by atoms with Crippen molar-refractivity contribution in [1.82, 2.24) is 25.1 Å². The minimum absolute atomic E-state index is 0.247. The van der Waals surface area contributed by atoms with Gasteiger partial charge in [0.05, 0.1) is 12.3 Å². The summed E-state index contributed by atoms with van der Waals surface area (Å²) < 4.78 is 5.83. The fourth-order valence-electron chi connectivity index (χ4n) is 3.55. The molecule has 0 aliphatic carbocycles. The number of hydrogen-bond donors (Lipinski definition) is 3. The van der Waals surface area contributed by atoms with E-state index in [9.17, 15) is 9.59 Å². The van der Waals surface area contributed by atoms with E-state index in [0.29, 0.717) is 17.7 Å². The molecule has 8 nitrogen and oxygen atoms in total. The summed E-state index contributed by atoms with van der Waals surface area (Å²) in [6.45, 7) is 4.18. The third-order valence-corrected chi connectivity index (χ3v) is 4.93. The first kappa shape index (κ1) is 17.5. The quantitative estimate of drug-likeness (QED) is 0.575. The Labute approximate surface area is 155 Å². The Morgan fingerprint density at radius 2 is 1.81 bits per heavy atom. The van der Waals surface area contributed by atoms with Crippen LogP contribution in [0.4, 0.5) is 0 Å². The van der Waals surface area contributed by atoms with E-state index in [4.69, 9.17) is 4.74 Å². The largest absolute Gasteiger partial charge is 0.494 e. The summed E-state index contributed by atoms with van der Waals surface area (Å²) in [5, 5.41) is 7.17. The van der Waals surface area contributed by atoms with Crippen molar-refractivity contribution in [2.45, 2.75) is 25.7 Å². The molecule has 1 aromatic carbocycles. The lowest BCUT2D eigenvalue weighted by Gasteiger charge is -2.26. The van der Waals surface area contributed by atoms with Crippen LogP contribution in [0, 0.1) is 0 Å². The minimum Gasteiger partial charge on any atom is -0.494 e. The van der Waals surface area contributed by atoms with Gasteiger partial charge in [-0.2, -0.15) is 5.10 Å². The first-order valence-corrected chi connectivity index (χ1v) is 9.37. The third-order valence-electron chi connectivity index (χ3n) is 4.93. The highest BCUT2D eigenvalue weighted by Gasteiger charge is 2.13. The molecule has 4 rings (SSSR count). The molecule has 27 heavy (non-hydrogen) atoms. The van der Waals surface area contributed by atoms with Crippen LogP contribution in [0.1, 0.15) is 25.7 Å². The average molecular weight is 369 g/mol. The second kappa shape index (κ2) is 7.79. The SMILES string of the molecule is O=c1[nH]c(=O)c2c(-c3ccc(OCCCN4CCCCC4)cc3)[nH]nc2[nH]1. The summed E-state index contributed by atoms with van der Waals surface area (Å²) in [6.07, 6.45) is 4.98. The topological polar surface area (TPSA) is 107 Å². The number of nitrogens with zero attached hydrogens (tertiary/aromatic N) is 2. The number of aromatic nitrogens is 4. The molecule has 142 valence electrons. The van der Waals surface area contributed by atoms with E-state index in [2.05, 4.69) is 25.1 Å². The fraction of sp³-hybridized carbons (Fsp3) is 0.421. The minimum atomic E-state index is -0.571. The van der Waals surface area contributed by atoms with Gasteiger partial charge in [0, 0.05) is 12.1 Å². The second-order valence-corrected chi connectivity index (χ2v) is 6.86. The molecule has 0 unspecified atom stereocenters. The number of ether oxygens (including phenoxy) is 1. The van der Waals surface area contributed by atoms with Crippen LogP contribution < -0.4 is 16.0 Å². The van der Waals surface area contributed by atoms with Gasteiger partial charge in [0.2, 0.25) is 0 Å². The van der Waals surface area contributed by atoms with Crippen molar-refractivity contribution < 1.29 is 4.74 Å². The number of likely N-dealkylation sites (tertiary alicyclic amines) is 1. The average Bonchev–Trinajstić information content (AvgIpc) is 3.11. The van der Waals surface area contributed by atoms with E-state index in [1.165, 1.54) is 32.4 Å². The van der Waals surface area contributed by atoms with Gasteiger partial charge in [-0.05, 0) is 56.6 Å². The van der Waals surface area contributed by atoms with Crippen molar-refractivity contribution in [3.8, 4) is 17.0 Å². The van der Waals surface area contributed by atoms with Gasteiger partial charge in [-0.3, -0.25) is 19.9 Å². The van der Waals surface area contributed by atoms with Crippen LogP contribution in [-0.2, 0) is 0 Å². The van der Waals surface area contributed by atoms with Crippen molar-refractivity contribution in [3.63, 3.8) is 0 Å². The zero-order valence-corrected chi connectivity index (χ0v) is 15.1. The van der Waals surface area contributed by atoms with Crippen molar-refractivity contribution >= 4 is 11.0 Å². The van der Waals surface area contributed by atoms with Crippen LogP contribution in [-0.4, -0.2) is 51.3 Å². The van der Waals surface area contributed by atoms with E-state index < -0.39 is 11.2 Å². The number of H-pyrrole nitrogens is 3. The van der Waals surface area contributed by atoms with Gasteiger partial charge in [-0.15, -0.1) is 0 Å². The summed E-state index contributed by atoms with van der Waals surface area (Å²) >= 11 is 0. The highest BCUT2D eigenvalue weighted by atomic mass is 16.5. The molecule has 0 bridgehead atoms. The normalized spacial score (nSPS) is 15.3. The van der Waals surface area contributed by atoms with Crippen molar-refractivity contribution in [2.24, 2.45) is 0 Å². The maximum Gasteiger partial charge on any atom is 0.327 e. The number of rotatable bonds is 6. The lowest BCUT2D eigenvalue weighted by Crippen LogP contribution is -2.31. The molecule has 1 fully saturated rings. The van der Waals surface area contributed by atoms with Crippen LogP contribution in [0.15, 0.2) is 33.9 Å². The third kappa shape index (κ3) is 3.95. The Hall–Kier alpha value is -2.87. The van der Waals surface area contributed by atoms with Crippen molar-refractivity contribution in [3.05, 3.63) is 45.1 Å². The lowest BCUT2D eigenvalue weighted by molar-refractivity contribution is 0.205. The predicted molar refractivity (Wildman–Crippen MR) is 103 cm³/mol. The van der Waals surface area contributed by atoms with E-state index in [1.807, 2.05) is 24.3 Å². The van der Waals surface area contributed by atoms with Crippen LogP contribution in [0.3, 0.4) is 0 Å². The number of fused-ring (bicyclic) bond motifs is 1. The summed E-state index contributed by atoms with van der Waals surface area (Å²) in [5.41, 5.74) is 0.584. The molecule has 0 spiro atoms. The molecule has 0 amide bonds. The lowest BCUT2D eigenvalue weighted by atomic mass is 10.1. The molecule has 0 saturated carbocycles. The Morgan fingerprint density at radius 3 is 2.59 bits per heavy atom. The monoisotopic (exact) mass is 369 g/mol. The Balaban J connectivity index is 1.39. The molecule has 8 heteroatoms. The molecule has 2 aromatic heterocycles. The molecule has 1 aliphatic heterocycles. The molecule has 3 N–H and O–H groups in total. The van der Waals surface area contributed by atoms with Crippen molar-refractivity contribution in [2.75, 3.05) is 26.2 Å². The maximum absolute atomic E-state index is 12.1. The van der Waals surface area contributed by atoms with Gasteiger partial charge in [-0.25, -0.2) is 4.79 Å². The molecule has 0 radical (unpaired) electrons. The standard InChI is InChI=1S/C19H23N5O3/c25-18-15-16(22-23-17(15)20-19(26)21-18)13-5-7-14(8-6-13)27-12-4-11-24-9-2-1-3-10-24/h5-8H,1-4,9-12H2,(H3,20,21,22,23,25,26). The first-order chi connectivity index (χ1) is 13.2. The zero-order valence-electron chi connectivity index (χ0n) is 15.1. The van der Waals surface area contributed by atoms with Crippen LogP contribution in [0.2, 0.25) is 0 Å². The number of hydrogen-bond acceptors (Lipinski definition) is 5. The predicted octanol–water partition coefficient (Wildman–Crippen LogP) is 1.86. The fourth-order valence-corrected chi connectivity index (χ4v) is 3.55. The van der Waals surface area contributed by atoms with Gasteiger partial charge in [-0.1, -0.05) is 6.42 Å². The number of piperidine rings is 1. The highest BCUT2D eigenvalue weighted by Crippen LogP contribution is 2.24. The Kier molecular flexibility index (Phi) is 5.06. The maximum atomic E-state index is 12.1. The van der Waals surface area contributed by atoms with Gasteiger partial charge < -0.3 is 9.64 Å². The molecular formula is C19H23N5O3. The smallest absolute Gasteiger partial charge is 0.327 e. The molecule has 1 saturated heterocycles. The molecule has 3 aromatic rings. The molecular weight excluding hydrogens is 346 g/mol. The van der Waals surface area contributed by atoms with Crippen molar-refractivity contribution in [1.29, 1.82) is 0 Å². The molecule has 0 atom stereocenters. The number of benzene rings is 1. The van der Waals surface area contributed by atoms with Crippen LogP contribution >= 0.6 is 0 Å². The van der Waals surface area contributed by atoms with Crippen LogP contribution in [0.5, 0.6) is 5.75 Å². The van der Waals surface area contributed by atoms with Gasteiger partial charge >= 0.3 is 5.69 Å². The van der Waals surface area contributed by atoms with E-state index in [-0.39, 0.29) is 5.65 Å². The molecule has 3 heterocycles.